The van der Waals surface area contributed by atoms with E-state index in [1.54, 1.807) is 30.3 Å². The molecule has 16 N–H and O–H groups in total. The maximum absolute atomic E-state index is 12.5. The molecule has 1 amide bonds. The Labute approximate surface area is 375 Å². The number of amides is 1. The third kappa shape index (κ3) is 11.5. The molecule has 378 valence electrons. The fourth-order valence-electron chi connectivity index (χ4n) is 8.30. The van der Waals surface area contributed by atoms with Gasteiger partial charge in [-0.3, -0.25) is 4.79 Å². The van der Waals surface area contributed by atoms with Gasteiger partial charge in [-0.15, -0.1) is 0 Å². The maximum atomic E-state index is 12.5. The van der Waals surface area contributed by atoms with Crippen molar-refractivity contribution in [2.75, 3.05) is 33.0 Å². The highest BCUT2D eigenvalue weighted by atomic mass is 16.8. The summed E-state index contributed by atoms with van der Waals surface area (Å²) in [5.41, 5.74) is 0.709. The van der Waals surface area contributed by atoms with Crippen LogP contribution in [-0.4, -0.2) is 269 Å². The second kappa shape index (κ2) is 23.5. The highest BCUT2D eigenvalue weighted by Crippen LogP contribution is 2.36. The van der Waals surface area contributed by atoms with Crippen molar-refractivity contribution >= 4 is 5.91 Å². The molecule has 27 nitrogen and oxygen atoms in total. The molecule has 5 saturated heterocycles. The summed E-state index contributed by atoms with van der Waals surface area (Å²) >= 11 is 0. The number of ether oxygens (including phenoxy) is 10. The molecule has 0 spiro atoms. The third-order valence-corrected chi connectivity index (χ3v) is 12.0. The predicted octanol–water partition coefficient (Wildman–Crippen LogP) is -9.56. The molecule has 66 heavy (non-hydrogen) atoms. The molecule has 6 rings (SSSR count). The van der Waals surface area contributed by atoms with Crippen molar-refractivity contribution in [2.24, 2.45) is 0 Å². The van der Waals surface area contributed by atoms with Crippen molar-refractivity contribution in [3.63, 3.8) is 0 Å². The molecule has 0 saturated carbocycles. The van der Waals surface area contributed by atoms with E-state index >= 15 is 0 Å². The molecule has 27 heteroatoms. The first-order valence-corrected chi connectivity index (χ1v) is 21.1. The second-order valence-electron chi connectivity index (χ2n) is 16.5. The SMILES string of the molecule is CC(=O)N[C@H]1[C@H](O[C@H]2[C@@H](O)[C@@H](CO)O[C@H](O[C@@H]3[C@H](O)[C@@H](O)[C@H](O[C@H]4[C@H](O)[C@@H](O)[C@H](OCc5ccccc5)O[C@@H]4CO)O[C@@H]3CO)[C@@H]2O)O[C@H](CO)[C@H](O)[C@@H]1O[C@@H]1O[C@H](CO)[C@H](O)[C@H](O)[C@H]1O. The summed E-state index contributed by atoms with van der Waals surface area (Å²) in [6.45, 7) is -3.53. The number of hydrogen-bond acceptors (Lipinski definition) is 26. The zero-order valence-corrected chi connectivity index (χ0v) is 35.3. The lowest BCUT2D eigenvalue weighted by Gasteiger charge is -2.50. The molecule has 1 aromatic rings. The normalized spacial score (nSPS) is 46.8. The molecule has 0 aromatic heterocycles. The molecule has 0 unspecified atom stereocenters. The molecule has 5 fully saturated rings. The van der Waals surface area contributed by atoms with E-state index in [9.17, 15) is 81.4 Å². The summed E-state index contributed by atoms with van der Waals surface area (Å²) < 4.78 is 57.0. The quantitative estimate of drug-likeness (QED) is 0.0689. The average molecular weight is 960 g/mol. The first-order chi connectivity index (χ1) is 31.5. The van der Waals surface area contributed by atoms with Gasteiger partial charge in [0.15, 0.2) is 31.5 Å². The molecular weight excluding hydrogens is 898 g/mol. The summed E-state index contributed by atoms with van der Waals surface area (Å²) in [6.07, 6.45) is -43.5. The molecular formula is C39H61NO26. The largest absolute Gasteiger partial charge is 0.394 e. The number of carbonyl (C=O) groups is 1. The van der Waals surface area contributed by atoms with Crippen LogP contribution >= 0.6 is 0 Å². The molecule has 1 aromatic carbocycles. The Hall–Kier alpha value is -2.31. The van der Waals surface area contributed by atoms with Crippen LogP contribution in [0.4, 0.5) is 0 Å². The number of hydrogen-bond donors (Lipinski definition) is 16. The molecule has 0 bridgehead atoms. The topological polar surface area (TPSA) is 425 Å². The van der Waals surface area contributed by atoms with E-state index < -0.39 is 192 Å². The third-order valence-electron chi connectivity index (χ3n) is 12.0. The molecule has 5 heterocycles. The molecule has 0 radical (unpaired) electrons. The van der Waals surface area contributed by atoms with Crippen molar-refractivity contribution in [2.45, 2.75) is 167 Å². The average Bonchev–Trinajstić information content (AvgIpc) is 3.31. The van der Waals surface area contributed by atoms with Gasteiger partial charge in [-0.2, -0.15) is 0 Å². The van der Waals surface area contributed by atoms with Gasteiger partial charge in [0.1, 0.15) is 122 Å². The van der Waals surface area contributed by atoms with Gasteiger partial charge in [-0.05, 0) is 5.56 Å². The van der Waals surface area contributed by atoms with Crippen LogP contribution in [-0.2, 0) is 58.8 Å². The van der Waals surface area contributed by atoms with Crippen LogP contribution in [0.2, 0.25) is 0 Å². The van der Waals surface area contributed by atoms with Gasteiger partial charge in [0.05, 0.1) is 39.6 Å². The van der Waals surface area contributed by atoms with Gasteiger partial charge in [0, 0.05) is 6.92 Å². The second-order valence-corrected chi connectivity index (χ2v) is 16.5. The Kier molecular flexibility index (Phi) is 18.9. The van der Waals surface area contributed by atoms with E-state index in [0.717, 1.165) is 6.92 Å². The first-order valence-electron chi connectivity index (χ1n) is 21.1. The van der Waals surface area contributed by atoms with E-state index in [2.05, 4.69) is 5.32 Å². The zero-order chi connectivity index (χ0) is 48.1. The Morgan fingerprint density at radius 1 is 0.455 bits per heavy atom. The smallest absolute Gasteiger partial charge is 0.217 e. The van der Waals surface area contributed by atoms with E-state index in [-0.39, 0.29) is 6.61 Å². The van der Waals surface area contributed by atoms with E-state index in [1.807, 2.05) is 0 Å². The fourth-order valence-corrected chi connectivity index (χ4v) is 8.30. The van der Waals surface area contributed by atoms with Crippen LogP contribution in [0.5, 0.6) is 0 Å². The Morgan fingerprint density at radius 2 is 0.848 bits per heavy atom. The van der Waals surface area contributed by atoms with Crippen LogP contribution in [0.1, 0.15) is 12.5 Å². The monoisotopic (exact) mass is 959 g/mol. The number of aliphatic hydroxyl groups excluding tert-OH is 15. The minimum absolute atomic E-state index is 0.0380. The Bertz CT molecular complexity index is 1640. The summed E-state index contributed by atoms with van der Waals surface area (Å²) in [4.78, 5) is 12.5. The number of rotatable bonds is 17. The van der Waals surface area contributed by atoms with Crippen molar-refractivity contribution in [3.8, 4) is 0 Å². The molecule has 5 aliphatic heterocycles. The first kappa shape index (κ1) is 53.0. The van der Waals surface area contributed by atoms with Gasteiger partial charge in [0.2, 0.25) is 5.91 Å². The van der Waals surface area contributed by atoms with E-state index in [1.165, 1.54) is 0 Å². The van der Waals surface area contributed by atoms with Gasteiger partial charge < -0.3 is 129 Å². The summed E-state index contributed by atoms with van der Waals surface area (Å²) in [6, 6.07) is 7.10. The fraction of sp³-hybridized carbons (Fsp3) is 0.821. The van der Waals surface area contributed by atoms with E-state index in [0.29, 0.717) is 5.56 Å². The van der Waals surface area contributed by atoms with E-state index in [4.69, 9.17) is 47.4 Å². The van der Waals surface area contributed by atoms with Crippen molar-refractivity contribution in [3.05, 3.63) is 35.9 Å². The minimum atomic E-state index is -2.15. The molecule has 25 atom stereocenters. The van der Waals surface area contributed by atoms with Crippen molar-refractivity contribution in [1.82, 2.24) is 5.32 Å². The van der Waals surface area contributed by atoms with Crippen molar-refractivity contribution in [1.29, 1.82) is 0 Å². The number of benzene rings is 1. The number of aliphatic hydroxyl groups is 15. The van der Waals surface area contributed by atoms with Crippen LogP contribution in [0.25, 0.3) is 0 Å². The summed E-state index contributed by atoms with van der Waals surface area (Å²) in [5.74, 6) is -0.801. The number of carbonyl (C=O) groups excluding carboxylic acids is 1. The molecule has 5 aliphatic rings. The standard InChI is InChI=1S/C39H61NO26/c1-13(46)40-20-33(65-37-27(53)24(50)21(47)15(7-41)59-37)22(48)16(8-42)58-35(20)66-34-23(49)17(9-43)60-39(30(34)56)64-32-19(11-45)62-38(29(55)26(32)52)63-31-18(10-44)61-36(28(54)25(31)51)57-12-14-5-3-2-4-6-14/h2-6,15-39,41-45,47-56H,7-12H2,1H3,(H,40,46)/t15-,16-,17-,18-,19-,20-,21+,22+,23+,24+,25-,26-,27-,28-,29-,30-,31-,32+,33-,34+,35+,36-,37+,38+,39-/m1/s1. The number of nitrogens with one attached hydrogen (secondary N) is 1. The lowest BCUT2D eigenvalue weighted by Crippen LogP contribution is -2.70. The Balaban J connectivity index is 1.16. The highest BCUT2D eigenvalue weighted by Gasteiger charge is 2.57. The molecule has 0 aliphatic carbocycles. The van der Waals surface area contributed by atoms with Crippen LogP contribution in [0, 0.1) is 0 Å². The van der Waals surface area contributed by atoms with Crippen LogP contribution in [0.3, 0.4) is 0 Å². The van der Waals surface area contributed by atoms with Crippen molar-refractivity contribution < 1.29 is 129 Å². The Morgan fingerprint density at radius 3 is 1.36 bits per heavy atom. The lowest BCUT2D eigenvalue weighted by molar-refractivity contribution is -0.389. The minimum Gasteiger partial charge on any atom is -0.394 e. The predicted molar refractivity (Wildman–Crippen MR) is 207 cm³/mol. The highest BCUT2D eigenvalue weighted by molar-refractivity contribution is 5.73. The zero-order valence-electron chi connectivity index (χ0n) is 35.3. The summed E-state index contributed by atoms with van der Waals surface area (Å²) in [5, 5.41) is 163. The van der Waals surface area contributed by atoms with Crippen LogP contribution < -0.4 is 5.32 Å². The van der Waals surface area contributed by atoms with Crippen LogP contribution in [0.15, 0.2) is 30.3 Å². The van der Waals surface area contributed by atoms with Gasteiger partial charge in [-0.1, -0.05) is 30.3 Å². The lowest BCUT2D eigenvalue weighted by atomic mass is 9.94. The summed E-state index contributed by atoms with van der Waals surface area (Å²) in [7, 11) is 0. The maximum Gasteiger partial charge on any atom is 0.217 e. The van der Waals surface area contributed by atoms with Gasteiger partial charge in [-0.25, -0.2) is 0 Å². The van der Waals surface area contributed by atoms with Gasteiger partial charge >= 0.3 is 0 Å². The van der Waals surface area contributed by atoms with Gasteiger partial charge in [0.25, 0.3) is 0 Å².